The van der Waals surface area contributed by atoms with Gasteiger partial charge in [0.05, 0.1) is 16.8 Å². The van der Waals surface area contributed by atoms with Crippen LogP contribution in [0.4, 0.5) is 17.6 Å². The lowest BCUT2D eigenvalue weighted by Crippen LogP contribution is -2.10. The summed E-state index contributed by atoms with van der Waals surface area (Å²) in [5.41, 5.74) is 0.394. The zero-order valence-electron chi connectivity index (χ0n) is 17.1. The molecular formula is C24H15F4N3O2. The zero-order chi connectivity index (χ0) is 23.8. The first-order chi connectivity index (χ1) is 15.6. The molecule has 4 rings (SSSR count). The Bertz CT molecular complexity index is 1370. The number of pyridine rings is 1. The van der Waals surface area contributed by atoms with E-state index in [2.05, 4.69) is 15.0 Å². The van der Waals surface area contributed by atoms with Crippen molar-refractivity contribution < 1.29 is 27.5 Å². The molecule has 0 saturated heterocycles. The number of rotatable bonds is 4. The number of carboxylic acids is 1. The lowest BCUT2D eigenvalue weighted by Gasteiger charge is -2.12. The highest BCUT2D eigenvalue weighted by atomic mass is 19.4. The largest absolute Gasteiger partial charge is 0.478 e. The summed E-state index contributed by atoms with van der Waals surface area (Å²) in [4.78, 5) is 22.7. The molecule has 33 heavy (non-hydrogen) atoms. The van der Waals surface area contributed by atoms with E-state index < -0.39 is 23.8 Å². The Morgan fingerprint density at radius 1 is 0.909 bits per heavy atom. The molecule has 0 radical (unpaired) electrons. The van der Waals surface area contributed by atoms with E-state index in [0.717, 1.165) is 0 Å². The molecule has 0 atom stereocenters. The number of halogens is 4. The minimum absolute atomic E-state index is 0.113. The fourth-order valence-electron chi connectivity index (χ4n) is 3.31. The molecule has 0 aliphatic rings. The number of carboxylic acid groups (broad SMARTS) is 1. The van der Waals surface area contributed by atoms with Gasteiger partial charge in [0.1, 0.15) is 5.69 Å². The van der Waals surface area contributed by atoms with Gasteiger partial charge in [0.25, 0.3) is 0 Å². The number of hydrogen-bond donors (Lipinski definition) is 1. The summed E-state index contributed by atoms with van der Waals surface area (Å²) in [6.45, 7) is 1.67. The Kier molecular flexibility index (Phi) is 5.63. The Morgan fingerprint density at radius 3 is 2.33 bits per heavy atom. The van der Waals surface area contributed by atoms with Gasteiger partial charge in [0.2, 0.25) is 5.95 Å². The molecule has 2 aromatic carbocycles. The highest BCUT2D eigenvalue weighted by Crippen LogP contribution is 2.33. The Balaban J connectivity index is 1.86. The summed E-state index contributed by atoms with van der Waals surface area (Å²) in [5, 5.41) is 9.38. The van der Waals surface area contributed by atoms with Crippen LogP contribution < -0.4 is 0 Å². The highest BCUT2D eigenvalue weighted by Gasteiger charge is 2.34. The molecule has 0 aliphatic heterocycles. The van der Waals surface area contributed by atoms with Crippen LogP contribution in [0.25, 0.3) is 33.8 Å². The van der Waals surface area contributed by atoms with Crippen LogP contribution in [-0.2, 0) is 6.18 Å². The Morgan fingerprint density at radius 2 is 1.64 bits per heavy atom. The minimum Gasteiger partial charge on any atom is -0.478 e. The summed E-state index contributed by atoms with van der Waals surface area (Å²) in [6.07, 6.45) is -3.60. The molecule has 5 nitrogen and oxygen atoms in total. The lowest BCUT2D eigenvalue weighted by molar-refractivity contribution is -0.141. The number of aryl methyl sites for hydroxylation is 1. The van der Waals surface area contributed by atoms with Gasteiger partial charge >= 0.3 is 12.1 Å². The fourth-order valence-corrected chi connectivity index (χ4v) is 3.31. The maximum Gasteiger partial charge on any atom is 0.433 e. The maximum atomic E-state index is 14.2. The molecular weight excluding hydrogens is 438 g/mol. The molecule has 0 fully saturated rings. The van der Waals surface area contributed by atoms with Crippen molar-refractivity contribution in [3.8, 4) is 33.8 Å². The summed E-state index contributed by atoms with van der Waals surface area (Å²) in [6, 6.07) is 14.6. The predicted octanol–water partition coefficient (Wildman–Crippen LogP) is 6.04. The van der Waals surface area contributed by atoms with E-state index in [1.54, 1.807) is 37.3 Å². The van der Waals surface area contributed by atoms with Crippen LogP contribution in [0.3, 0.4) is 0 Å². The van der Waals surface area contributed by atoms with E-state index >= 15 is 0 Å². The quantitative estimate of drug-likeness (QED) is 0.301. The molecule has 0 amide bonds. The minimum atomic E-state index is -4.78. The van der Waals surface area contributed by atoms with Gasteiger partial charge in [-0.15, -0.1) is 0 Å². The molecule has 0 bridgehead atoms. The standard InChI is InChI=1S/C24H15F4N3O2/c1-13-7-8-15(11-18(13)23(32)33)14-4-2-5-16(10-14)22-30-19(12-20(31-22)24(26,27)28)17-6-3-9-29-21(17)25/h2-12H,1H3,(H,32,33). The number of hydrogen-bond acceptors (Lipinski definition) is 4. The number of alkyl halides is 3. The van der Waals surface area contributed by atoms with E-state index in [9.17, 15) is 27.5 Å². The molecule has 0 unspecified atom stereocenters. The number of nitrogens with zero attached hydrogens (tertiary/aromatic N) is 3. The third-order valence-electron chi connectivity index (χ3n) is 4.97. The van der Waals surface area contributed by atoms with E-state index in [0.29, 0.717) is 22.8 Å². The van der Waals surface area contributed by atoms with Gasteiger partial charge < -0.3 is 5.11 Å². The predicted molar refractivity (Wildman–Crippen MR) is 113 cm³/mol. The van der Waals surface area contributed by atoms with Gasteiger partial charge in [-0.25, -0.2) is 19.7 Å². The van der Waals surface area contributed by atoms with E-state index in [1.165, 1.54) is 30.5 Å². The second-order valence-electron chi connectivity index (χ2n) is 7.22. The molecule has 9 heteroatoms. The van der Waals surface area contributed by atoms with Crippen molar-refractivity contribution in [1.29, 1.82) is 0 Å². The van der Waals surface area contributed by atoms with Gasteiger partial charge in [-0.2, -0.15) is 17.6 Å². The van der Waals surface area contributed by atoms with E-state index in [-0.39, 0.29) is 28.2 Å². The first-order valence-corrected chi connectivity index (χ1v) is 9.65. The summed E-state index contributed by atoms with van der Waals surface area (Å²) >= 11 is 0. The molecule has 1 N–H and O–H groups in total. The lowest BCUT2D eigenvalue weighted by atomic mass is 9.98. The van der Waals surface area contributed by atoms with Crippen LogP contribution in [0.15, 0.2) is 66.9 Å². The number of benzene rings is 2. The van der Waals surface area contributed by atoms with Crippen LogP contribution in [0.5, 0.6) is 0 Å². The van der Waals surface area contributed by atoms with Crippen molar-refractivity contribution in [3.63, 3.8) is 0 Å². The van der Waals surface area contributed by atoms with Crippen LogP contribution in [0.1, 0.15) is 21.6 Å². The Hall–Kier alpha value is -4.14. The molecule has 2 aromatic heterocycles. The third kappa shape index (κ3) is 4.57. The van der Waals surface area contributed by atoms with Gasteiger partial charge in [-0.05, 0) is 53.9 Å². The monoisotopic (exact) mass is 453 g/mol. The molecule has 166 valence electrons. The van der Waals surface area contributed by atoms with Crippen molar-refractivity contribution in [2.24, 2.45) is 0 Å². The Labute approximate surface area is 185 Å². The fraction of sp³-hybridized carbons (Fsp3) is 0.0833. The highest BCUT2D eigenvalue weighted by molar-refractivity contribution is 5.91. The summed E-state index contributed by atoms with van der Waals surface area (Å²) < 4.78 is 54.7. The second-order valence-corrected chi connectivity index (χ2v) is 7.22. The molecule has 4 aromatic rings. The van der Waals surface area contributed by atoms with Crippen LogP contribution in [0, 0.1) is 12.9 Å². The third-order valence-corrected chi connectivity index (χ3v) is 4.97. The van der Waals surface area contributed by atoms with Gasteiger partial charge in [0, 0.05) is 11.8 Å². The van der Waals surface area contributed by atoms with Crippen molar-refractivity contribution in [2.45, 2.75) is 13.1 Å². The smallest absolute Gasteiger partial charge is 0.433 e. The number of carbonyl (C=O) groups is 1. The van der Waals surface area contributed by atoms with E-state index in [4.69, 9.17) is 0 Å². The van der Waals surface area contributed by atoms with Crippen LogP contribution in [-0.4, -0.2) is 26.0 Å². The topological polar surface area (TPSA) is 76.0 Å². The summed E-state index contributed by atoms with van der Waals surface area (Å²) in [5.74, 6) is -2.30. The van der Waals surface area contributed by atoms with Crippen molar-refractivity contribution >= 4 is 5.97 Å². The average molecular weight is 453 g/mol. The summed E-state index contributed by atoms with van der Waals surface area (Å²) in [7, 11) is 0. The van der Waals surface area contributed by atoms with Gasteiger partial charge in [-0.1, -0.05) is 30.3 Å². The van der Waals surface area contributed by atoms with Crippen molar-refractivity contribution in [1.82, 2.24) is 15.0 Å². The van der Waals surface area contributed by atoms with Crippen LogP contribution in [0.2, 0.25) is 0 Å². The van der Waals surface area contributed by atoms with Crippen molar-refractivity contribution in [2.75, 3.05) is 0 Å². The molecule has 2 heterocycles. The normalized spacial score (nSPS) is 11.4. The van der Waals surface area contributed by atoms with Crippen molar-refractivity contribution in [3.05, 3.63) is 89.6 Å². The average Bonchev–Trinajstić information content (AvgIpc) is 2.79. The first kappa shape index (κ1) is 22.1. The molecule has 0 aliphatic carbocycles. The number of aromatic nitrogens is 3. The van der Waals surface area contributed by atoms with Gasteiger partial charge in [0.15, 0.2) is 5.82 Å². The van der Waals surface area contributed by atoms with E-state index in [1.807, 2.05) is 0 Å². The maximum absolute atomic E-state index is 14.2. The van der Waals surface area contributed by atoms with Gasteiger partial charge in [-0.3, -0.25) is 0 Å². The zero-order valence-corrected chi connectivity index (χ0v) is 17.1. The van der Waals surface area contributed by atoms with Crippen LogP contribution >= 0.6 is 0 Å². The first-order valence-electron chi connectivity index (χ1n) is 9.65. The number of aromatic carboxylic acids is 1. The second kappa shape index (κ2) is 8.42. The molecule has 0 spiro atoms. The SMILES string of the molecule is Cc1ccc(-c2cccc(-c3nc(-c4cccnc4F)cc(C(F)(F)F)n3)c2)cc1C(=O)O. The molecule has 0 saturated carbocycles.